The highest BCUT2D eigenvalue weighted by atomic mass is 32.2. The van der Waals surface area contributed by atoms with Gasteiger partial charge in [-0.1, -0.05) is 0 Å². The number of hydrogen-bond acceptors (Lipinski definition) is 5. The van der Waals surface area contributed by atoms with Crippen LogP contribution in [0.15, 0.2) is 12.3 Å². The summed E-state index contributed by atoms with van der Waals surface area (Å²) in [6.45, 7) is 1.88. The lowest BCUT2D eigenvalue weighted by molar-refractivity contribution is 0.0519. The molecule has 0 radical (unpaired) electrons. The van der Waals surface area contributed by atoms with Crippen LogP contribution in [-0.4, -0.2) is 36.4 Å². The maximum absolute atomic E-state index is 11.1. The van der Waals surface area contributed by atoms with Crippen molar-refractivity contribution >= 4 is 16.0 Å². The molecule has 7 heteroatoms. The smallest absolute Gasteiger partial charge is 0.358 e. The lowest BCUT2D eigenvalue weighted by atomic mass is 10.4. The van der Waals surface area contributed by atoms with Crippen molar-refractivity contribution in [2.45, 2.75) is 6.92 Å². The number of rotatable bonds is 3. The molecule has 0 fully saturated rings. The molecule has 1 aromatic rings. The Labute approximate surface area is 81.5 Å². The average Bonchev–Trinajstić information content (AvgIpc) is 2.51. The molecule has 1 rings (SSSR count). The van der Waals surface area contributed by atoms with E-state index in [1.165, 1.54) is 12.3 Å². The lowest BCUT2D eigenvalue weighted by Crippen LogP contribution is -2.12. The second-order valence-electron chi connectivity index (χ2n) is 2.56. The lowest BCUT2D eigenvalue weighted by Gasteiger charge is -1.97. The number of aromatic nitrogens is 2. The first-order chi connectivity index (χ1) is 6.45. The van der Waals surface area contributed by atoms with Gasteiger partial charge >= 0.3 is 5.97 Å². The zero-order valence-corrected chi connectivity index (χ0v) is 8.61. The molecule has 0 aliphatic rings. The third kappa shape index (κ3) is 2.32. The average molecular weight is 218 g/mol. The Morgan fingerprint density at radius 2 is 2.29 bits per heavy atom. The van der Waals surface area contributed by atoms with Crippen LogP contribution in [0.2, 0.25) is 0 Å². The SMILES string of the molecule is CCOC(=O)c1ccn(S(C)(=O)=O)n1. The van der Waals surface area contributed by atoms with Crippen molar-refractivity contribution < 1.29 is 17.9 Å². The van der Waals surface area contributed by atoms with Gasteiger partial charge in [-0.3, -0.25) is 0 Å². The van der Waals surface area contributed by atoms with E-state index in [1.807, 2.05) is 0 Å². The molecule has 6 nitrogen and oxygen atoms in total. The summed E-state index contributed by atoms with van der Waals surface area (Å²) in [4.78, 5) is 11.1. The molecule has 0 aromatic carbocycles. The number of hydrogen-bond donors (Lipinski definition) is 0. The van der Waals surface area contributed by atoms with Crippen molar-refractivity contribution in [3.63, 3.8) is 0 Å². The molecule has 78 valence electrons. The number of esters is 1. The minimum Gasteiger partial charge on any atom is -0.461 e. The third-order valence-electron chi connectivity index (χ3n) is 1.39. The van der Waals surface area contributed by atoms with Crippen LogP contribution in [0, 0.1) is 0 Å². The largest absolute Gasteiger partial charge is 0.461 e. The first kappa shape index (κ1) is 10.7. The Hall–Kier alpha value is -1.37. The van der Waals surface area contributed by atoms with Crippen molar-refractivity contribution in [3.8, 4) is 0 Å². The molecule has 1 aromatic heterocycles. The van der Waals surface area contributed by atoms with Crippen LogP contribution in [0.25, 0.3) is 0 Å². The van der Waals surface area contributed by atoms with E-state index in [1.54, 1.807) is 6.92 Å². The molecule has 0 aliphatic heterocycles. The van der Waals surface area contributed by atoms with E-state index in [-0.39, 0.29) is 12.3 Å². The topological polar surface area (TPSA) is 78.3 Å². The standard InChI is InChI=1S/C7H10N2O4S/c1-3-13-7(10)6-4-5-9(8-6)14(2,11)12/h4-5H,3H2,1-2H3. The highest BCUT2D eigenvalue weighted by Crippen LogP contribution is 2.00. The van der Waals surface area contributed by atoms with Gasteiger partial charge in [0, 0.05) is 6.20 Å². The van der Waals surface area contributed by atoms with Gasteiger partial charge < -0.3 is 4.74 Å². The Balaban J connectivity index is 2.94. The molecule has 0 atom stereocenters. The van der Waals surface area contributed by atoms with E-state index in [4.69, 9.17) is 0 Å². The summed E-state index contributed by atoms with van der Waals surface area (Å²) in [5, 5.41) is 3.55. The summed E-state index contributed by atoms with van der Waals surface area (Å²) in [5.41, 5.74) is -0.0164. The number of nitrogens with zero attached hydrogens (tertiary/aromatic N) is 2. The summed E-state index contributed by atoms with van der Waals surface area (Å²) in [7, 11) is -3.43. The molecule has 0 unspecified atom stereocenters. The van der Waals surface area contributed by atoms with Crippen LogP contribution in [0.5, 0.6) is 0 Å². The van der Waals surface area contributed by atoms with Gasteiger partial charge in [0.2, 0.25) is 0 Å². The Kier molecular flexibility index (Phi) is 2.90. The normalized spacial score (nSPS) is 11.3. The zero-order chi connectivity index (χ0) is 10.8. The van der Waals surface area contributed by atoms with Crippen molar-refractivity contribution in [3.05, 3.63) is 18.0 Å². The molecule has 14 heavy (non-hydrogen) atoms. The quantitative estimate of drug-likeness (QED) is 0.660. The second-order valence-corrected chi connectivity index (χ2v) is 4.40. The molecular formula is C7H10N2O4S. The van der Waals surface area contributed by atoms with Gasteiger partial charge in [-0.25, -0.2) is 13.2 Å². The van der Waals surface area contributed by atoms with Crippen molar-refractivity contribution in [2.24, 2.45) is 0 Å². The van der Waals surface area contributed by atoms with Gasteiger partial charge in [0.15, 0.2) is 5.69 Å². The van der Waals surface area contributed by atoms with Crippen LogP contribution in [-0.2, 0) is 14.8 Å². The molecule has 0 N–H and O–H groups in total. The fourth-order valence-corrected chi connectivity index (χ4v) is 1.32. The van der Waals surface area contributed by atoms with E-state index in [2.05, 4.69) is 9.84 Å². The molecule has 0 spiro atoms. The third-order valence-corrected chi connectivity index (χ3v) is 2.27. The number of carbonyl (C=O) groups is 1. The van der Waals surface area contributed by atoms with Gasteiger partial charge in [0.1, 0.15) is 0 Å². The van der Waals surface area contributed by atoms with E-state index < -0.39 is 16.0 Å². The number of carbonyl (C=O) groups excluding carboxylic acids is 1. The van der Waals surface area contributed by atoms with Crippen LogP contribution in [0.4, 0.5) is 0 Å². The Morgan fingerprint density at radius 3 is 2.71 bits per heavy atom. The van der Waals surface area contributed by atoms with Crippen molar-refractivity contribution in [1.82, 2.24) is 9.19 Å². The molecule has 1 heterocycles. The zero-order valence-electron chi connectivity index (χ0n) is 7.80. The summed E-state index contributed by atoms with van der Waals surface area (Å²) >= 11 is 0. The molecule has 0 saturated heterocycles. The number of ether oxygens (including phenoxy) is 1. The van der Waals surface area contributed by atoms with Crippen LogP contribution >= 0.6 is 0 Å². The highest BCUT2D eigenvalue weighted by molar-refractivity contribution is 7.89. The molecular weight excluding hydrogens is 208 g/mol. The maximum Gasteiger partial charge on any atom is 0.358 e. The summed E-state index contributed by atoms with van der Waals surface area (Å²) in [5.74, 6) is -0.630. The Bertz CT molecular complexity index is 434. The summed E-state index contributed by atoms with van der Waals surface area (Å²) < 4.78 is 27.3. The van der Waals surface area contributed by atoms with Crippen LogP contribution < -0.4 is 0 Å². The second kappa shape index (κ2) is 3.79. The molecule has 0 aliphatic carbocycles. The van der Waals surface area contributed by atoms with Gasteiger partial charge in [0.25, 0.3) is 10.0 Å². The Morgan fingerprint density at radius 1 is 1.64 bits per heavy atom. The molecule has 0 bridgehead atoms. The molecule has 0 amide bonds. The van der Waals surface area contributed by atoms with Crippen LogP contribution in [0.1, 0.15) is 17.4 Å². The summed E-state index contributed by atoms with van der Waals surface area (Å²) in [6, 6.07) is 1.29. The summed E-state index contributed by atoms with van der Waals surface area (Å²) in [6.07, 6.45) is 2.19. The first-order valence-corrected chi connectivity index (χ1v) is 5.73. The van der Waals surface area contributed by atoms with Gasteiger partial charge in [-0.15, -0.1) is 0 Å². The van der Waals surface area contributed by atoms with Gasteiger partial charge in [0.05, 0.1) is 12.9 Å². The highest BCUT2D eigenvalue weighted by Gasteiger charge is 2.13. The van der Waals surface area contributed by atoms with Crippen molar-refractivity contribution in [1.29, 1.82) is 0 Å². The predicted molar refractivity (Wildman–Crippen MR) is 48.4 cm³/mol. The fourth-order valence-electron chi connectivity index (χ4n) is 0.806. The van der Waals surface area contributed by atoms with Gasteiger partial charge in [-0.05, 0) is 13.0 Å². The minimum atomic E-state index is -3.43. The van der Waals surface area contributed by atoms with E-state index in [9.17, 15) is 13.2 Å². The predicted octanol–water partition coefficient (Wildman–Crippen LogP) is -0.133. The van der Waals surface area contributed by atoms with Crippen LogP contribution in [0.3, 0.4) is 0 Å². The molecule has 0 saturated carbocycles. The maximum atomic E-state index is 11.1. The van der Waals surface area contributed by atoms with E-state index in [0.717, 1.165) is 10.3 Å². The fraction of sp³-hybridized carbons (Fsp3) is 0.429. The first-order valence-electron chi connectivity index (χ1n) is 3.88. The van der Waals surface area contributed by atoms with Crippen molar-refractivity contribution in [2.75, 3.05) is 12.9 Å². The van der Waals surface area contributed by atoms with Gasteiger partial charge in [-0.2, -0.15) is 9.19 Å². The monoisotopic (exact) mass is 218 g/mol. The van der Waals surface area contributed by atoms with E-state index >= 15 is 0 Å². The van der Waals surface area contributed by atoms with E-state index in [0.29, 0.717) is 0 Å². The minimum absolute atomic E-state index is 0.0164.